The van der Waals surface area contributed by atoms with E-state index in [-0.39, 0.29) is 0 Å². The maximum Gasteiger partial charge on any atom is 0.161 e. The van der Waals surface area contributed by atoms with Crippen LogP contribution in [0.15, 0.2) is 82.4 Å². The lowest BCUT2D eigenvalue weighted by Gasteiger charge is -2.19. The number of benzene rings is 3. The van der Waals surface area contributed by atoms with Crippen molar-refractivity contribution in [2.75, 3.05) is 26.2 Å². The van der Waals surface area contributed by atoms with E-state index in [1.165, 1.54) is 0 Å². The molecule has 0 radical (unpaired) electrons. The zero-order valence-corrected chi connectivity index (χ0v) is 18.9. The molecule has 0 spiro atoms. The molecule has 5 aromatic rings. The molecule has 0 aliphatic heterocycles. The molecule has 0 saturated carbocycles. The summed E-state index contributed by atoms with van der Waals surface area (Å²) in [5, 5.41) is 3.07. The molecule has 6 heteroatoms. The van der Waals surface area contributed by atoms with Crippen molar-refractivity contribution >= 4 is 45.9 Å². The summed E-state index contributed by atoms with van der Waals surface area (Å²) >= 11 is 4.36. The van der Waals surface area contributed by atoms with Gasteiger partial charge in [-0.3, -0.25) is 0 Å². The number of ether oxygens (including phenoxy) is 2. The van der Waals surface area contributed by atoms with Crippen LogP contribution in [0.3, 0.4) is 0 Å². The second kappa shape index (κ2) is 8.13. The second-order valence-electron chi connectivity index (χ2n) is 7.50. The highest BCUT2D eigenvalue weighted by molar-refractivity contribution is 7.80. The molecule has 0 N–H and O–H groups in total. The van der Waals surface area contributed by atoms with Crippen molar-refractivity contribution < 1.29 is 13.9 Å². The Hall–Kier alpha value is -3.64. The molecule has 0 fully saturated rings. The Morgan fingerprint density at radius 2 is 1.62 bits per heavy atom. The molecule has 0 atom stereocenters. The summed E-state index contributed by atoms with van der Waals surface area (Å²) in [5.74, 6) is 2.20. The van der Waals surface area contributed by atoms with Gasteiger partial charge < -0.3 is 18.8 Å². The highest BCUT2D eigenvalue weighted by atomic mass is 32.1. The van der Waals surface area contributed by atoms with Gasteiger partial charge in [0.15, 0.2) is 11.5 Å². The van der Waals surface area contributed by atoms with Crippen molar-refractivity contribution in [2.45, 2.75) is 4.90 Å². The van der Waals surface area contributed by atoms with Crippen molar-refractivity contribution in [3.63, 3.8) is 0 Å². The summed E-state index contributed by atoms with van der Waals surface area (Å²) in [4.78, 5) is 7.70. The van der Waals surface area contributed by atoms with E-state index in [0.29, 0.717) is 11.5 Å². The molecule has 2 heterocycles. The van der Waals surface area contributed by atoms with Crippen molar-refractivity contribution in [3.8, 4) is 22.6 Å². The van der Waals surface area contributed by atoms with E-state index >= 15 is 0 Å². The second-order valence-corrected chi connectivity index (χ2v) is 8.02. The molecule has 0 bridgehead atoms. The van der Waals surface area contributed by atoms with Gasteiger partial charge in [0.1, 0.15) is 11.4 Å². The summed E-state index contributed by atoms with van der Waals surface area (Å²) < 4.78 is 16.9. The number of nitrogens with zero attached hydrogens (tertiary/aromatic N) is 2. The number of aromatic nitrogens is 1. The van der Waals surface area contributed by atoms with Gasteiger partial charge in [0.05, 0.1) is 20.5 Å². The molecule has 5 nitrogen and oxygen atoms in total. The number of rotatable bonds is 5. The fourth-order valence-electron chi connectivity index (χ4n) is 3.98. The Morgan fingerprint density at radius 1 is 0.875 bits per heavy atom. The van der Waals surface area contributed by atoms with Crippen LogP contribution in [-0.4, -0.2) is 26.3 Å². The Morgan fingerprint density at radius 3 is 2.31 bits per heavy atom. The number of hydrogen-bond acceptors (Lipinski definition) is 6. The third kappa shape index (κ3) is 3.42. The van der Waals surface area contributed by atoms with Gasteiger partial charge in [0.25, 0.3) is 0 Å². The van der Waals surface area contributed by atoms with Gasteiger partial charge in [-0.05, 0) is 71.4 Å². The van der Waals surface area contributed by atoms with Crippen LogP contribution in [-0.2, 0) is 0 Å². The van der Waals surface area contributed by atoms with E-state index in [2.05, 4.69) is 24.8 Å². The molecular formula is C26H22N2O3S. The lowest BCUT2D eigenvalue weighted by molar-refractivity contribution is 0.356. The van der Waals surface area contributed by atoms with Crippen molar-refractivity contribution in [1.82, 2.24) is 4.98 Å². The van der Waals surface area contributed by atoms with Crippen molar-refractivity contribution in [3.05, 3.63) is 73.1 Å². The maximum atomic E-state index is 5.88. The van der Waals surface area contributed by atoms with Crippen LogP contribution in [0, 0.1) is 0 Å². The number of anilines is 2. The number of thiol groups is 1. The molecule has 2 aromatic heterocycles. The summed E-state index contributed by atoms with van der Waals surface area (Å²) in [5.41, 5.74) is 3.80. The predicted octanol–water partition coefficient (Wildman–Crippen LogP) is 6.72. The molecule has 32 heavy (non-hydrogen) atoms. The summed E-state index contributed by atoms with van der Waals surface area (Å²) in [7, 11) is 5.28. The fourth-order valence-corrected chi connectivity index (χ4v) is 4.13. The number of furan rings is 1. The smallest absolute Gasteiger partial charge is 0.161 e. The van der Waals surface area contributed by atoms with Gasteiger partial charge in [-0.25, -0.2) is 4.98 Å². The van der Waals surface area contributed by atoms with Crippen LogP contribution in [0.4, 0.5) is 11.5 Å². The standard InChI is InChI=1S/C26H22N2O3S/c1-28(19-5-7-20(32)8-6-19)24-9-4-17(15-27-24)25-21-14-23(30-3)22(29-2)13-18(21)12-16-10-11-31-26(16)25/h4-15,32H,1-3H3. The largest absolute Gasteiger partial charge is 0.493 e. The minimum Gasteiger partial charge on any atom is -0.493 e. The van der Waals surface area contributed by atoms with Crippen LogP contribution in [0.1, 0.15) is 0 Å². The van der Waals surface area contributed by atoms with Crippen molar-refractivity contribution in [2.24, 2.45) is 0 Å². The van der Waals surface area contributed by atoms with Crippen LogP contribution in [0.5, 0.6) is 11.5 Å². The molecule has 0 aliphatic rings. The van der Waals surface area contributed by atoms with Gasteiger partial charge in [-0.2, -0.15) is 0 Å². The lowest BCUT2D eigenvalue weighted by atomic mass is 9.96. The van der Waals surface area contributed by atoms with Crippen LogP contribution in [0.25, 0.3) is 32.9 Å². The first-order chi connectivity index (χ1) is 15.6. The summed E-state index contributed by atoms with van der Waals surface area (Å²) in [6, 6.07) is 20.1. The predicted molar refractivity (Wildman–Crippen MR) is 132 cm³/mol. The molecule has 0 unspecified atom stereocenters. The Balaban J connectivity index is 1.64. The highest BCUT2D eigenvalue weighted by Crippen LogP contribution is 2.41. The first-order valence-corrected chi connectivity index (χ1v) is 10.6. The number of fused-ring (bicyclic) bond motifs is 2. The monoisotopic (exact) mass is 442 g/mol. The van der Waals surface area contributed by atoms with Crippen LogP contribution in [0.2, 0.25) is 0 Å². The molecule has 3 aromatic carbocycles. The van der Waals surface area contributed by atoms with Gasteiger partial charge in [0, 0.05) is 40.3 Å². The zero-order chi connectivity index (χ0) is 22.2. The quantitative estimate of drug-likeness (QED) is 0.306. The topological polar surface area (TPSA) is 47.7 Å². The van der Waals surface area contributed by atoms with E-state index in [1.807, 2.05) is 66.7 Å². The van der Waals surface area contributed by atoms with Gasteiger partial charge in [0.2, 0.25) is 0 Å². The summed E-state index contributed by atoms with van der Waals surface area (Å²) in [6.45, 7) is 0. The Labute approximate surface area is 191 Å². The average Bonchev–Trinajstić information content (AvgIpc) is 3.30. The lowest BCUT2D eigenvalue weighted by Crippen LogP contribution is -2.10. The van der Waals surface area contributed by atoms with Crippen LogP contribution < -0.4 is 14.4 Å². The Kier molecular flexibility index (Phi) is 5.15. The molecule has 0 saturated heterocycles. The number of pyridine rings is 1. The average molecular weight is 443 g/mol. The van der Waals surface area contributed by atoms with E-state index in [0.717, 1.165) is 49.3 Å². The van der Waals surface area contributed by atoms with E-state index in [9.17, 15) is 0 Å². The normalized spacial score (nSPS) is 11.1. The molecule has 0 aliphatic carbocycles. The first kappa shape index (κ1) is 20.3. The van der Waals surface area contributed by atoms with Gasteiger partial charge in [-0.1, -0.05) is 0 Å². The van der Waals surface area contributed by atoms with E-state index in [4.69, 9.17) is 18.9 Å². The number of hydrogen-bond donors (Lipinski definition) is 1. The minimum absolute atomic E-state index is 0.670. The third-order valence-electron chi connectivity index (χ3n) is 5.68. The number of methoxy groups -OCH3 is 2. The highest BCUT2D eigenvalue weighted by Gasteiger charge is 2.17. The van der Waals surface area contributed by atoms with Crippen molar-refractivity contribution in [1.29, 1.82) is 0 Å². The third-order valence-corrected chi connectivity index (χ3v) is 5.97. The molecule has 5 rings (SSSR count). The minimum atomic E-state index is 0.670. The molecule has 160 valence electrons. The first-order valence-electron chi connectivity index (χ1n) is 10.1. The summed E-state index contributed by atoms with van der Waals surface area (Å²) in [6.07, 6.45) is 3.59. The SMILES string of the molecule is COc1cc2cc3ccoc3c(-c3ccc(N(C)c4ccc(S)cc4)nc3)c2cc1OC. The molecule has 0 amide bonds. The van der Waals surface area contributed by atoms with Gasteiger partial charge >= 0.3 is 0 Å². The van der Waals surface area contributed by atoms with E-state index in [1.54, 1.807) is 20.5 Å². The maximum absolute atomic E-state index is 5.88. The zero-order valence-electron chi connectivity index (χ0n) is 18.0. The van der Waals surface area contributed by atoms with E-state index < -0.39 is 0 Å². The fraction of sp³-hybridized carbons (Fsp3) is 0.115. The molecular weight excluding hydrogens is 420 g/mol. The Bertz CT molecular complexity index is 1410. The van der Waals surface area contributed by atoms with Crippen LogP contribution >= 0.6 is 12.6 Å². The van der Waals surface area contributed by atoms with Gasteiger partial charge in [-0.15, -0.1) is 12.6 Å².